The van der Waals surface area contributed by atoms with Crippen molar-refractivity contribution in [2.45, 2.75) is 77.8 Å². The first-order valence-electron chi connectivity index (χ1n) is 19.6. The molecular formula is C45H55N5O7. The number of imidazole rings is 1. The van der Waals surface area contributed by atoms with Crippen molar-refractivity contribution >= 4 is 28.5 Å². The van der Waals surface area contributed by atoms with E-state index in [0.29, 0.717) is 23.5 Å². The minimum Gasteiger partial charge on any atom is -0.490 e. The van der Waals surface area contributed by atoms with Crippen molar-refractivity contribution in [1.82, 2.24) is 15.3 Å². The number of nitrogens with one attached hydrogen (secondary N) is 2. The van der Waals surface area contributed by atoms with E-state index in [1.807, 2.05) is 88.4 Å². The van der Waals surface area contributed by atoms with Crippen LogP contribution in [0.4, 0.5) is 0 Å². The minimum absolute atomic E-state index is 0.000189. The van der Waals surface area contributed by atoms with Gasteiger partial charge in [0.1, 0.15) is 36.1 Å². The Hall–Kier alpha value is -5.40. The maximum absolute atomic E-state index is 14.9. The molecule has 57 heavy (non-hydrogen) atoms. The van der Waals surface area contributed by atoms with E-state index in [0.717, 1.165) is 12.0 Å². The average Bonchev–Trinajstić information content (AvgIpc) is 3.65. The molecule has 0 aliphatic heterocycles. The van der Waals surface area contributed by atoms with Crippen LogP contribution in [-0.4, -0.2) is 75.2 Å². The Labute approximate surface area is 334 Å². The number of aliphatic hydroxyl groups excluding tert-OH is 2. The number of carbonyl (C=O) groups excluding carboxylic acids is 3. The third-order valence-corrected chi connectivity index (χ3v) is 10.3. The lowest BCUT2D eigenvalue weighted by Gasteiger charge is -2.30. The molecule has 12 heteroatoms. The maximum Gasteiger partial charge on any atom is 0.237 e. The second-order valence-electron chi connectivity index (χ2n) is 15.0. The highest BCUT2D eigenvalue weighted by Gasteiger charge is 2.38. The lowest BCUT2D eigenvalue weighted by molar-refractivity contribution is -0.123. The molecule has 5 aromatic rings. The van der Waals surface area contributed by atoms with E-state index in [1.54, 1.807) is 30.3 Å². The molecule has 4 aromatic carbocycles. The first-order valence-corrected chi connectivity index (χ1v) is 19.6. The third-order valence-electron chi connectivity index (χ3n) is 10.3. The van der Waals surface area contributed by atoms with Gasteiger partial charge in [-0.2, -0.15) is 0 Å². The monoisotopic (exact) mass is 777 g/mol. The Morgan fingerprint density at radius 1 is 0.807 bits per heavy atom. The molecule has 302 valence electrons. The van der Waals surface area contributed by atoms with E-state index in [2.05, 4.69) is 10.3 Å². The van der Waals surface area contributed by atoms with Crippen molar-refractivity contribution in [3.05, 3.63) is 125 Å². The van der Waals surface area contributed by atoms with Crippen molar-refractivity contribution in [2.75, 3.05) is 13.2 Å². The number of Topliss-reactive ketones (excluding diaryl/α,β-unsaturated/α-hetero) is 1. The molecule has 0 saturated carbocycles. The van der Waals surface area contributed by atoms with Crippen molar-refractivity contribution in [3.8, 4) is 11.5 Å². The molecule has 12 nitrogen and oxygen atoms in total. The Kier molecular flexibility index (Phi) is 15.1. The number of aromatic amines is 1. The summed E-state index contributed by atoms with van der Waals surface area (Å²) in [5.41, 5.74) is 14.1. The van der Waals surface area contributed by atoms with Crippen LogP contribution in [0.3, 0.4) is 0 Å². The van der Waals surface area contributed by atoms with Gasteiger partial charge >= 0.3 is 0 Å². The molecular weight excluding hydrogens is 723 g/mol. The van der Waals surface area contributed by atoms with Gasteiger partial charge in [0.2, 0.25) is 5.91 Å². The zero-order valence-corrected chi connectivity index (χ0v) is 33.1. The number of hydrogen-bond donors (Lipinski definition) is 6. The summed E-state index contributed by atoms with van der Waals surface area (Å²) in [6.45, 7) is 8.10. The molecule has 8 N–H and O–H groups in total. The Bertz CT molecular complexity index is 2090. The van der Waals surface area contributed by atoms with Crippen LogP contribution in [0.1, 0.15) is 78.2 Å². The molecule has 2 unspecified atom stereocenters. The van der Waals surface area contributed by atoms with Crippen LogP contribution >= 0.6 is 0 Å². The standard InChI is InChI=1S/C45H55N5O7/c1-5-28(4)39(47)45(55)48-26-37-49-35-21-20-32(41(51)33(25-29-14-8-6-9-15-29)43(53)44(54)34(46)24-27(2)3)38(40(35)50-37)42(52)31-18-12-13-19-36(31)57-23-22-56-30-16-10-7-11-17-30/h6-21,27-28,33-34,39,43-44,53-54H,5,22-26,46-47H2,1-4H3,(H,48,55)(H,49,50)/t28-,33?,34+,39+,43?,44-/m1/s1. The van der Waals surface area contributed by atoms with Crippen LogP contribution in [0.2, 0.25) is 0 Å². The number of fused-ring (bicyclic) bond motifs is 1. The number of hydrogen-bond acceptors (Lipinski definition) is 10. The highest BCUT2D eigenvalue weighted by molar-refractivity contribution is 6.22. The average molecular weight is 778 g/mol. The number of H-pyrrole nitrogens is 1. The van der Waals surface area contributed by atoms with Crippen molar-refractivity contribution in [1.29, 1.82) is 0 Å². The SMILES string of the molecule is CC[C@@H](C)[C@H](N)C(=O)NCc1nc2c(C(=O)c3ccccc3OCCOc3ccccc3)c(C(=O)C(Cc3ccccc3)C(O)[C@H](O)[C@@H](N)CC(C)C)ccc2[nH]1. The number of aromatic nitrogens is 2. The topological polar surface area (TPSA) is 203 Å². The summed E-state index contributed by atoms with van der Waals surface area (Å²) in [7, 11) is 0. The molecule has 0 saturated heterocycles. The summed E-state index contributed by atoms with van der Waals surface area (Å²) < 4.78 is 11.9. The Morgan fingerprint density at radius 3 is 2.14 bits per heavy atom. The number of nitrogens with two attached hydrogens (primary N) is 2. The number of rotatable bonds is 21. The molecule has 6 atom stereocenters. The summed E-state index contributed by atoms with van der Waals surface area (Å²) in [5, 5.41) is 25.9. The van der Waals surface area contributed by atoms with Crippen LogP contribution in [0.5, 0.6) is 11.5 Å². The van der Waals surface area contributed by atoms with Gasteiger partial charge in [-0.05, 0) is 66.6 Å². The predicted octanol–water partition coefficient (Wildman–Crippen LogP) is 5.38. The fraction of sp³-hybridized carbons (Fsp3) is 0.378. The summed E-state index contributed by atoms with van der Waals surface area (Å²) in [4.78, 5) is 50.6. The number of aliphatic hydroxyl groups is 2. The predicted molar refractivity (Wildman–Crippen MR) is 220 cm³/mol. The second kappa shape index (κ2) is 20.1. The number of nitrogens with zero attached hydrogens (tertiary/aromatic N) is 1. The molecule has 0 aliphatic carbocycles. The number of benzene rings is 4. The number of amides is 1. The first kappa shape index (κ1) is 42.7. The van der Waals surface area contributed by atoms with E-state index in [-0.39, 0.29) is 71.9 Å². The maximum atomic E-state index is 14.9. The number of para-hydroxylation sites is 2. The summed E-state index contributed by atoms with van der Waals surface area (Å²) in [6, 6.07) is 26.8. The highest BCUT2D eigenvalue weighted by Crippen LogP contribution is 2.32. The summed E-state index contributed by atoms with van der Waals surface area (Å²) in [5.74, 6) is -1.27. The smallest absolute Gasteiger partial charge is 0.237 e. The fourth-order valence-corrected chi connectivity index (χ4v) is 6.80. The van der Waals surface area contributed by atoms with Gasteiger partial charge in [-0.1, -0.05) is 94.8 Å². The van der Waals surface area contributed by atoms with Crippen molar-refractivity contribution < 1.29 is 34.1 Å². The van der Waals surface area contributed by atoms with Gasteiger partial charge in [0, 0.05) is 11.6 Å². The first-order chi connectivity index (χ1) is 27.4. The number of ketones is 2. The van der Waals surface area contributed by atoms with Gasteiger partial charge in [0.05, 0.1) is 47.4 Å². The second-order valence-corrected chi connectivity index (χ2v) is 15.0. The van der Waals surface area contributed by atoms with Gasteiger partial charge in [-0.3, -0.25) is 14.4 Å². The van der Waals surface area contributed by atoms with Gasteiger partial charge in [-0.25, -0.2) is 4.98 Å². The van der Waals surface area contributed by atoms with Crippen LogP contribution in [0.25, 0.3) is 11.0 Å². The van der Waals surface area contributed by atoms with E-state index < -0.39 is 41.8 Å². The van der Waals surface area contributed by atoms with Crippen LogP contribution < -0.4 is 26.3 Å². The van der Waals surface area contributed by atoms with Crippen LogP contribution in [0.15, 0.2) is 97.1 Å². The Balaban J connectivity index is 1.56. The molecule has 1 aromatic heterocycles. The van der Waals surface area contributed by atoms with Gasteiger partial charge in [0.25, 0.3) is 0 Å². The molecule has 0 spiro atoms. The zero-order valence-electron chi connectivity index (χ0n) is 33.1. The quantitative estimate of drug-likeness (QED) is 0.0415. The van der Waals surface area contributed by atoms with E-state index >= 15 is 0 Å². The van der Waals surface area contributed by atoms with E-state index in [1.165, 1.54) is 6.07 Å². The van der Waals surface area contributed by atoms with Gasteiger partial charge in [-0.15, -0.1) is 0 Å². The van der Waals surface area contributed by atoms with Crippen LogP contribution in [-0.2, 0) is 17.8 Å². The lowest BCUT2D eigenvalue weighted by Crippen LogP contribution is -2.49. The molecule has 0 aliphatic rings. The normalized spacial score (nSPS) is 14.7. The molecule has 5 rings (SSSR count). The van der Waals surface area contributed by atoms with Gasteiger partial charge in [0.15, 0.2) is 11.6 Å². The summed E-state index contributed by atoms with van der Waals surface area (Å²) >= 11 is 0. The summed E-state index contributed by atoms with van der Waals surface area (Å²) in [6.07, 6.45) is -1.78. The molecule has 0 bridgehead atoms. The van der Waals surface area contributed by atoms with E-state index in [9.17, 15) is 24.6 Å². The minimum atomic E-state index is -1.56. The largest absolute Gasteiger partial charge is 0.490 e. The highest BCUT2D eigenvalue weighted by atomic mass is 16.5. The molecule has 1 heterocycles. The van der Waals surface area contributed by atoms with Crippen LogP contribution in [0, 0.1) is 17.8 Å². The number of carbonyl (C=O) groups is 3. The lowest BCUT2D eigenvalue weighted by atomic mass is 9.80. The van der Waals surface area contributed by atoms with Crippen molar-refractivity contribution in [2.24, 2.45) is 29.2 Å². The van der Waals surface area contributed by atoms with E-state index in [4.69, 9.17) is 25.9 Å². The molecule has 0 radical (unpaired) electrons. The third kappa shape index (κ3) is 10.9. The van der Waals surface area contributed by atoms with Gasteiger partial charge < -0.3 is 41.5 Å². The molecule has 1 amide bonds. The fourth-order valence-electron chi connectivity index (χ4n) is 6.80. The Morgan fingerprint density at radius 2 is 1.46 bits per heavy atom. The molecule has 0 fully saturated rings. The van der Waals surface area contributed by atoms with Crippen molar-refractivity contribution in [3.63, 3.8) is 0 Å². The zero-order chi connectivity index (χ0) is 41.1. The number of ether oxygens (including phenoxy) is 2.